The van der Waals surface area contributed by atoms with E-state index in [2.05, 4.69) is 27.9 Å². The summed E-state index contributed by atoms with van der Waals surface area (Å²) >= 11 is 3.48. The van der Waals surface area contributed by atoms with Crippen LogP contribution in [0.1, 0.15) is 25.7 Å². The summed E-state index contributed by atoms with van der Waals surface area (Å²) in [5, 5.41) is 1.17. The number of nitrogens with zero attached hydrogens (tertiary/aromatic N) is 1. The summed E-state index contributed by atoms with van der Waals surface area (Å²) in [4.78, 5) is 2.46. The van der Waals surface area contributed by atoms with Gasteiger partial charge in [0, 0.05) is 11.9 Å². The van der Waals surface area contributed by atoms with Crippen molar-refractivity contribution in [2.45, 2.75) is 25.7 Å². The van der Waals surface area contributed by atoms with Gasteiger partial charge in [0.2, 0.25) is 0 Å². The zero-order chi connectivity index (χ0) is 8.10. The lowest BCUT2D eigenvalue weighted by Crippen LogP contribution is -2.31. The summed E-state index contributed by atoms with van der Waals surface area (Å²) in [6.07, 6.45) is 5.62. The first-order valence-electron chi connectivity index (χ1n) is 4.57. The van der Waals surface area contributed by atoms with Crippen molar-refractivity contribution >= 4 is 15.9 Å². The van der Waals surface area contributed by atoms with Gasteiger partial charge in [-0.15, -0.1) is 0 Å². The SMILES string of the molecule is CN1CCC[C@@H](CCCBr)C1. The van der Waals surface area contributed by atoms with E-state index in [1.54, 1.807) is 0 Å². The summed E-state index contributed by atoms with van der Waals surface area (Å²) < 4.78 is 0. The molecule has 0 amide bonds. The minimum Gasteiger partial charge on any atom is -0.306 e. The monoisotopic (exact) mass is 219 g/mol. The highest BCUT2D eigenvalue weighted by molar-refractivity contribution is 9.09. The summed E-state index contributed by atoms with van der Waals surface area (Å²) in [6, 6.07) is 0. The van der Waals surface area contributed by atoms with Crippen molar-refractivity contribution in [1.82, 2.24) is 4.90 Å². The molecule has 2 heteroatoms. The van der Waals surface area contributed by atoms with Gasteiger partial charge in [0.1, 0.15) is 0 Å². The Kier molecular flexibility index (Phi) is 4.46. The normalized spacial score (nSPS) is 27.3. The summed E-state index contributed by atoms with van der Waals surface area (Å²) in [7, 11) is 2.24. The standard InChI is InChI=1S/C9H18BrN/c1-11-7-3-5-9(8-11)4-2-6-10/h9H,2-8H2,1H3/t9-/m1/s1. The van der Waals surface area contributed by atoms with E-state index in [0.29, 0.717) is 0 Å². The number of hydrogen-bond donors (Lipinski definition) is 0. The van der Waals surface area contributed by atoms with Gasteiger partial charge in [-0.2, -0.15) is 0 Å². The van der Waals surface area contributed by atoms with Crippen molar-refractivity contribution in [2.75, 3.05) is 25.5 Å². The van der Waals surface area contributed by atoms with Gasteiger partial charge in [0.05, 0.1) is 0 Å². The molecule has 0 saturated carbocycles. The number of alkyl halides is 1. The molecule has 1 saturated heterocycles. The quantitative estimate of drug-likeness (QED) is 0.660. The van der Waals surface area contributed by atoms with Crippen LogP contribution in [0, 0.1) is 5.92 Å². The third-order valence-electron chi connectivity index (χ3n) is 2.47. The van der Waals surface area contributed by atoms with Crippen molar-refractivity contribution < 1.29 is 0 Å². The zero-order valence-corrected chi connectivity index (χ0v) is 8.94. The fourth-order valence-corrected chi connectivity index (χ4v) is 2.20. The predicted molar refractivity (Wildman–Crippen MR) is 53.2 cm³/mol. The van der Waals surface area contributed by atoms with Crippen molar-refractivity contribution in [3.05, 3.63) is 0 Å². The topological polar surface area (TPSA) is 3.24 Å². The Morgan fingerprint density at radius 1 is 1.55 bits per heavy atom. The maximum absolute atomic E-state index is 3.48. The highest BCUT2D eigenvalue weighted by Gasteiger charge is 2.15. The molecule has 0 bridgehead atoms. The fraction of sp³-hybridized carbons (Fsp3) is 1.00. The second-order valence-electron chi connectivity index (χ2n) is 3.60. The van der Waals surface area contributed by atoms with Gasteiger partial charge < -0.3 is 4.90 Å². The van der Waals surface area contributed by atoms with Crippen molar-refractivity contribution in [1.29, 1.82) is 0 Å². The lowest BCUT2D eigenvalue weighted by atomic mass is 9.94. The molecule has 0 aliphatic carbocycles. The Labute approximate surface area is 78.3 Å². The van der Waals surface area contributed by atoms with Crippen LogP contribution in [0.4, 0.5) is 0 Å². The molecular weight excluding hydrogens is 202 g/mol. The van der Waals surface area contributed by atoms with E-state index in [-0.39, 0.29) is 0 Å². The number of hydrogen-bond acceptors (Lipinski definition) is 1. The highest BCUT2D eigenvalue weighted by Crippen LogP contribution is 2.19. The number of rotatable bonds is 3. The summed E-state index contributed by atoms with van der Waals surface area (Å²) in [5.74, 6) is 0.978. The van der Waals surface area contributed by atoms with Gasteiger partial charge in [0.15, 0.2) is 0 Å². The number of halogens is 1. The van der Waals surface area contributed by atoms with Gasteiger partial charge in [-0.1, -0.05) is 15.9 Å². The van der Waals surface area contributed by atoms with Crippen LogP contribution < -0.4 is 0 Å². The first kappa shape index (κ1) is 9.53. The molecule has 0 unspecified atom stereocenters. The van der Waals surface area contributed by atoms with E-state index in [9.17, 15) is 0 Å². The molecule has 66 valence electrons. The third-order valence-corrected chi connectivity index (χ3v) is 3.03. The number of likely N-dealkylation sites (tertiary alicyclic amines) is 1. The molecule has 0 N–H and O–H groups in total. The Morgan fingerprint density at radius 2 is 2.36 bits per heavy atom. The Morgan fingerprint density at radius 3 is 3.00 bits per heavy atom. The average Bonchev–Trinajstić information content (AvgIpc) is 2.01. The van der Waals surface area contributed by atoms with Gasteiger partial charge >= 0.3 is 0 Å². The second kappa shape index (κ2) is 5.15. The van der Waals surface area contributed by atoms with Crippen LogP contribution in [-0.4, -0.2) is 30.4 Å². The van der Waals surface area contributed by atoms with Crippen LogP contribution in [0.3, 0.4) is 0 Å². The lowest BCUT2D eigenvalue weighted by Gasteiger charge is -2.29. The smallest absolute Gasteiger partial charge is 0.00314 e. The molecule has 0 aromatic heterocycles. The van der Waals surface area contributed by atoms with Crippen LogP contribution >= 0.6 is 15.9 Å². The third kappa shape index (κ3) is 3.57. The molecule has 1 nitrogen and oxygen atoms in total. The van der Waals surface area contributed by atoms with Crippen LogP contribution in [0.5, 0.6) is 0 Å². The zero-order valence-electron chi connectivity index (χ0n) is 7.35. The van der Waals surface area contributed by atoms with E-state index in [0.717, 1.165) is 5.92 Å². The Hall–Kier alpha value is 0.440. The molecule has 1 rings (SSSR count). The van der Waals surface area contributed by atoms with Crippen molar-refractivity contribution in [3.8, 4) is 0 Å². The van der Waals surface area contributed by atoms with Crippen LogP contribution in [0.25, 0.3) is 0 Å². The average molecular weight is 220 g/mol. The second-order valence-corrected chi connectivity index (χ2v) is 4.39. The Bertz CT molecular complexity index is 106. The molecular formula is C9H18BrN. The Balaban J connectivity index is 2.12. The molecule has 1 aliphatic heterocycles. The molecule has 0 radical (unpaired) electrons. The summed E-state index contributed by atoms with van der Waals surface area (Å²) in [6.45, 7) is 2.64. The van der Waals surface area contributed by atoms with E-state index in [1.165, 1.54) is 44.1 Å². The fourth-order valence-electron chi connectivity index (χ4n) is 1.87. The molecule has 11 heavy (non-hydrogen) atoms. The molecule has 0 aromatic rings. The van der Waals surface area contributed by atoms with E-state index in [4.69, 9.17) is 0 Å². The molecule has 1 heterocycles. The highest BCUT2D eigenvalue weighted by atomic mass is 79.9. The van der Waals surface area contributed by atoms with Crippen LogP contribution in [0.2, 0.25) is 0 Å². The van der Waals surface area contributed by atoms with E-state index < -0.39 is 0 Å². The summed E-state index contributed by atoms with van der Waals surface area (Å²) in [5.41, 5.74) is 0. The van der Waals surface area contributed by atoms with Gasteiger partial charge in [-0.05, 0) is 45.2 Å². The minimum absolute atomic E-state index is 0.978. The molecule has 1 fully saturated rings. The number of piperidine rings is 1. The molecule has 0 aromatic carbocycles. The van der Waals surface area contributed by atoms with Crippen LogP contribution in [-0.2, 0) is 0 Å². The predicted octanol–water partition coefficient (Wildman–Crippen LogP) is 2.50. The minimum atomic E-state index is 0.978. The first-order chi connectivity index (χ1) is 5.33. The van der Waals surface area contributed by atoms with Gasteiger partial charge in [-0.3, -0.25) is 0 Å². The molecule has 1 aliphatic rings. The first-order valence-corrected chi connectivity index (χ1v) is 5.69. The molecule has 0 spiro atoms. The molecule has 1 atom stereocenters. The largest absolute Gasteiger partial charge is 0.306 e. The van der Waals surface area contributed by atoms with Gasteiger partial charge in [-0.25, -0.2) is 0 Å². The van der Waals surface area contributed by atoms with Crippen LogP contribution in [0.15, 0.2) is 0 Å². The van der Waals surface area contributed by atoms with Crippen molar-refractivity contribution in [3.63, 3.8) is 0 Å². The maximum Gasteiger partial charge on any atom is 0.00314 e. The van der Waals surface area contributed by atoms with E-state index >= 15 is 0 Å². The van der Waals surface area contributed by atoms with E-state index in [1.807, 2.05) is 0 Å². The van der Waals surface area contributed by atoms with Gasteiger partial charge in [0.25, 0.3) is 0 Å². The van der Waals surface area contributed by atoms with Crippen molar-refractivity contribution in [2.24, 2.45) is 5.92 Å². The maximum atomic E-state index is 3.48. The lowest BCUT2D eigenvalue weighted by molar-refractivity contribution is 0.202.